The molecule has 0 saturated carbocycles. The van der Waals surface area contributed by atoms with Gasteiger partial charge in [-0.15, -0.1) is 0 Å². The molecule has 3 aromatic heterocycles. The molecule has 0 aromatic carbocycles. The minimum Gasteiger partial charge on any atom is -0.443 e. The lowest BCUT2D eigenvalue weighted by atomic mass is 10.1. The first-order valence-corrected chi connectivity index (χ1v) is 15.1. The standard InChI is InChI=1S/C24H33ClN4O3Si/c1-24(2,3)32-23(30)28(4)21-10-8-9-19(26-21)18-15-29(16-31-13-14-33(5,6)7)22-17(18)11-12-20(25)27-22/h8-12,15H,13-14,16H2,1-7H3. The van der Waals surface area contributed by atoms with Gasteiger partial charge in [0.05, 0.1) is 5.69 Å². The minimum absolute atomic E-state index is 0.381. The van der Waals surface area contributed by atoms with E-state index in [0.29, 0.717) is 24.3 Å². The predicted molar refractivity (Wildman–Crippen MR) is 137 cm³/mol. The van der Waals surface area contributed by atoms with Crippen LogP contribution in [-0.2, 0) is 16.2 Å². The SMILES string of the molecule is CN(C(=O)OC(C)(C)C)c1cccc(-c2cn(COCC[Si](C)(C)C)c3nc(Cl)ccc23)n1. The molecule has 0 aliphatic carbocycles. The van der Waals surface area contributed by atoms with Gasteiger partial charge in [-0.2, -0.15) is 0 Å². The smallest absolute Gasteiger partial charge is 0.415 e. The number of carbonyl (C=O) groups is 1. The first-order valence-electron chi connectivity index (χ1n) is 11.0. The fourth-order valence-electron chi connectivity index (χ4n) is 3.17. The van der Waals surface area contributed by atoms with Crippen molar-refractivity contribution in [3.05, 3.63) is 41.7 Å². The van der Waals surface area contributed by atoms with Crippen LogP contribution in [-0.4, -0.2) is 48.0 Å². The Labute approximate surface area is 201 Å². The summed E-state index contributed by atoms with van der Waals surface area (Å²) >= 11 is 6.19. The molecular weight excluding hydrogens is 456 g/mol. The normalized spacial score (nSPS) is 12.2. The quantitative estimate of drug-likeness (QED) is 0.217. The molecule has 1 amide bonds. The third-order valence-corrected chi connectivity index (χ3v) is 6.85. The van der Waals surface area contributed by atoms with E-state index in [1.165, 1.54) is 4.90 Å². The number of anilines is 1. The highest BCUT2D eigenvalue weighted by Gasteiger charge is 2.22. The molecular formula is C24H33ClN4O3Si. The van der Waals surface area contributed by atoms with Crippen molar-refractivity contribution in [1.82, 2.24) is 14.5 Å². The van der Waals surface area contributed by atoms with Crippen molar-refractivity contribution in [1.29, 1.82) is 0 Å². The van der Waals surface area contributed by atoms with Gasteiger partial charge in [0.25, 0.3) is 0 Å². The molecule has 0 unspecified atom stereocenters. The molecule has 0 aliphatic rings. The van der Waals surface area contributed by atoms with E-state index in [1.807, 2.05) is 49.7 Å². The van der Waals surface area contributed by atoms with Crippen molar-refractivity contribution >= 4 is 42.6 Å². The maximum atomic E-state index is 12.5. The predicted octanol–water partition coefficient (Wildman–Crippen LogP) is 6.44. The van der Waals surface area contributed by atoms with Crippen LogP contribution in [0.25, 0.3) is 22.3 Å². The average molecular weight is 489 g/mol. The first kappa shape index (κ1) is 25.2. The van der Waals surface area contributed by atoms with Crippen LogP contribution in [0.3, 0.4) is 0 Å². The van der Waals surface area contributed by atoms with Crippen LogP contribution >= 0.6 is 11.6 Å². The Morgan fingerprint density at radius 1 is 1.15 bits per heavy atom. The molecule has 0 N–H and O–H groups in total. The average Bonchev–Trinajstić information content (AvgIpc) is 3.06. The second kappa shape index (κ2) is 9.83. The van der Waals surface area contributed by atoms with Gasteiger partial charge in [-0.25, -0.2) is 14.8 Å². The molecule has 7 nitrogen and oxygen atoms in total. The van der Waals surface area contributed by atoms with Gasteiger partial charge in [-0.05, 0) is 51.1 Å². The number of halogens is 1. The number of aromatic nitrogens is 3. The van der Waals surface area contributed by atoms with Gasteiger partial charge < -0.3 is 14.0 Å². The molecule has 178 valence electrons. The third kappa shape index (κ3) is 6.78. The van der Waals surface area contributed by atoms with E-state index in [0.717, 1.165) is 28.3 Å². The summed E-state index contributed by atoms with van der Waals surface area (Å²) < 4.78 is 13.4. The summed E-state index contributed by atoms with van der Waals surface area (Å²) in [6.45, 7) is 13.6. The van der Waals surface area contributed by atoms with Gasteiger partial charge in [0.2, 0.25) is 0 Å². The highest BCUT2D eigenvalue weighted by atomic mass is 35.5. The molecule has 0 fully saturated rings. The van der Waals surface area contributed by atoms with E-state index in [-0.39, 0.29) is 0 Å². The molecule has 0 radical (unpaired) electrons. The largest absolute Gasteiger partial charge is 0.443 e. The zero-order valence-electron chi connectivity index (χ0n) is 20.5. The number of pyridine rings is 2. The maximum Gasteiger partial charge on any atom is 0.415 e. The van der Waals surface area contributed by atoms with E-state index in [1.54, 1.807) is 19.2 Å². The van der Waals surface area contributed by atoms with E-state index < -0.39 is 19.8 Å². The van der Waals surface area contributed by atoms with Crippen LogP contribution in [0.15, 0.2) is 36.5 Å². The van der Waals surface area contributed by atoms with Gasteiger partial charge >= 0.3 is 6.09 Å². The van der Waals surface area contributed by atoms with Crippen LogP contribution in [0.5, 0.6) is 0 Å². The number of nitrogens with zero attached hydrogens (tertiary/aromatic N) is 4. The molecule has 0 aliphatic heterocycles. The zero-order valence-corrected chi connectivity index (χ0v) is 22.2. The lowest BCUT2D eigenvalue weighted by Gasteiger charge is -2.24. The molecule has 3 rings (SSSR count). The van der Waals surface area contributed by atoms with Crippen molar-refractivity contribution in [2.24, 2.45) is 0 Å². The molecule has 0 atom stereocenters. The summed E-state index contributed by atoms with van der Waals surface area (Å²) in [5.74, 6) is 0.496. The topological polar surface area (TPSA) is 69.5 Å². The molecule has 3 heterocycles. The van der Waals surface area contributed by atoms with Crippen LogP contribution in [0, 0.1) is 0 Å². The second-order valence-electron chi connectivity index (χ2n) is 10.3. The Morgan fingerprint density at radius 3 is 2.55 bits per heavy atom. The Balaban J connectivity index is 1.91. The van der Waals surface area contributed by atoms with Gasteiger partial charge in [0.15, 0.2) is 0 Å². The summed E-state index contributed by atoms with van der Waals surface area (Å²) in [6.07, 6.45) is 1.51. The lowest BCUT2D eigenvalue weighted by molar-refractivity contribution is 0.0588. The van der Waals surface area contributed by atoms with Crippen LogP contribution in [0.2, 0.25) is 30.8 Å². The van der Waals surface area contributed by atoms with Crippen molar-refractivity contribution in [3.63, 3.8) is 0 Å². The lowest BCUT2D eigenvalue weighted by Crippen LogP contribution is -2.34. The number of fused-ring (bicyclic) bond motifs is 1. The summed E-state index contributed by atoms with van der Waals surface area (Å²) in [5.41, 5.74) is 1.76. The molecule has 0 saturated heterocycles. The fourth-order valence-corrected chi connectivity index (χ4v) is 4.07. The second-order valence-corrected chi connectivity index (χ2v) is 16.3. The van der Waals surface area contributed by atoms with Crippen molar-refractivity contribution in [3.8, 4) is 11.3 Å². The Hall–Kier alpha value is -2.42. The Morgan fingerprint density at radius 2 is 1.88 bits per heavy atom. The Bertz CT molecular complexity index is 1130. The number of ether oxygens (including phenoxy) is 2. The van der Waals surface area contributed by atoms with E-state index in [2.05, 4.69) is 24.6 Å². The summed E-state index contributed by atoms with van der Waals surface area (Å²) in [4.78, 5) is 23.1. The molecule has 0 bridgehead atoms. The first-order chi connectivity index (χ1) is 15.3. The summed E-state index contributed by atoms with van der Waals surface area (Å²) in [6, 6.07) is 10.3. The highest BCUT2D eigenvalue weighted by molar-refractivity contribution is 6.76. The van der Waals surface area contributed by atoms with E-state index >= 15 is 0 Å². The maximum absolute atomic E-state index is 12.5. The number of rotatable bonds is 7. The molecule has 0 spiro atoms. The highest BCUT2D eigenvalue weighted by Crippen LogP contribution is 2.31. The summed E-state index contributed by atoms with van der Waals surface area (Å²) in [7, 11) is 0.479. The molecule has 3 aromatic rings. The third-order valence-electron chi connectivity index (χ3n) is 4.94. The van der Waals surface area contributed by atoms with Crippen LogP contribution in [0.1, 0.15) is 20.8 Å². The van der Waals surface area contributed by atoms with Gasteiger partial charge in [-0.3, -0.25) is 4.90 Å². The van der Waals surface area contributed by atoms with Gasteiger partial charge in [0, 0.05) is 38.9 Å². The fraction of sp³-hybridized carbons (Fsp3) is 0.458. The Kier molecular flexibility index (Phi) is 7.51. The monoisotopic (exact) mass is 488 g/mol. The zero-order chi connectivity index (χ0) is 24.4. The summed E-state index contributed by atoms with van der Waals surface area (Å²) in [5, 5.41) is 1.33. The van der Waals surface area contributed by atoms with Crippen molar-refractivity contribution in [2.75, 3.05) is 18.6 Å². The number of carbonyl (C=O) groups excluding carboxylic acids is 1. The van der Waals surface area contributed by atoms with Gasteiger partial charge in [0.1, 0.15) is 29.0 Å². The number of hydrogen-bond donors (Lipinski definition) is 0. The minimum atomic E-state index is -1.17. The molecule has 33 heavy (non-hydrogen) atoms. The van der Waals surface area contributed by atoms with Crippen LogP contribution < -0.4 is 4.90 Å². The van der Waals surface area contributed by atoms with Crippen LogP contribution in [0.4, 0.5) is 10.6 Å². The van der Waals surface area contributed by atoms with Crippen molar-refractivity contribution in [2.45, 2.75) is 58.8 Å². The van der Waals surface area contributed by atoms with Gasteiger partial charge in [-0.1, -0.05) is 37.3 Å². The number of hydrogen-bond acceptors (Lipinski definition) is 5. The molecule has 9 heteroatoms. The van der Waals surface area contributed by atoms with E-state index in [9.17, 15) is 4.79 Å². The van der Waals surface area contributed by atoms with Crippen molar-refractivity contribution < 1.29 is 14.3 Å². The number of amides is 1. The van der Waals surface area contributed by atoms with E-state index in [4.69, 9.17) is 26.1 Å².